The predicted octanol–water partition coefficient (Wildman–Crippen LogP) is 5.51. The van der Waals surface area contributed by atoms with Crippen LogP contribution in [0.4, 0.5) is 19.0 Å². The van der Waals surface area contributed by atoms with Crippen molar-refractivity contribution in [1.82, 2.24) is 9.78 Å². The van der Waals surface area contributed by atoms with Crippen molar-refractivity contribution in [2.24, 2.45) is 0 Å². The number of amides is 1. The van der Waals surface area contributed by atoms with Gasteiger partial charge in [0.05, 0.1) is 29.1 Å². The van der Waals surface area contributed by atoms with Crippen LogP contribution < -0.4 is 10.1 Å². The van der Waals surface area contributed by atoms with E-state index in [0.717, 1.165) is 23.8 Å². The maximum Gasteiger partial charge on any atom is 0.416 e. The average molecular weight is 436 g/mol. The lowest BCUT2D eigenvalue weighted by Gasteiger charge is -2.13. The number of anilines is 1. The molecule has 1 aromatic heterocycles. The van der Waals surface area contributed by atoms with E-state index < -0.39 is 17.6 Å². The second-order valence-corrected chi connectivity index (χ2v) is 6.75. The molecule has 0 spiro atoms. The number of hydrogen-bond donors (Lipinski definition) is 1. The zero-order valence-corrected chi connectivity index (χ0v) is 16.8. The molecule has 0 aliphatic carbocycles. The smallest absolute Gasteiger partial charge is 0.416 e. The molecule has 156 valence electrons. The third-order valence-electron chi connectivity index (χ3n) is 4.13. The lowest BCUT2D eigenvalue weighted by atomic mass is 10.2. The van der Waals surface area contributed by atoms with Crippen molar-refractivity contribution in [3.8, 4) is 11.4 Å². The van der Waals surface area contributed by atoms with Gasteiger partial charge in [0.2, 0.25) is 5.91 Å². The van der Waals surface area contributed by atoms with Crippen LogP contribution in [-0.4, -0.2) is 22.8 Å². The van der Waals surface area contributed by atoms with Gasteiger partial charge >= 0.3 is 6.18 Å². The van der Waals surface area contributed by atoms with E-state index in [-0.39, 0.29) is 16.5 Å². The Kier molecular flexibility index (Phi) is 6.17. The molecule has 0 aliphatic rings. The van der Waals surface area contributed by atoms with Gasteiger partial charge in [0.25, 0.3) is 0 Å². The summed E-state index contributed by atoms with van der Waals surface area (Å²) in [7, 11) is 1.56. The zero-order valence-electron chi connectivity index (χ0n) is 16.0. The molecule has 0 saturated heterocycles. The summed E-state index contributed by atoms with van der Waals surface area (Å²) in [4.78, 5) is 12.3. The summed E-state index contributed by atoms with van der Waals surface area (Å²) in [5.41, 5.74) is 0.412. The average Bonchev–Trinajstić information content (AvgIpc) is 3.06. The Morgan fingerprint density at radius 1 is 1.17 bits per heavy atom. The van der Waals surface area contributed by atoms with Crippen LogP contribution in [0, 0.1) is 6.92 Å². The SMILES string of the molecule is COc1ccc(/C=C/C(=O)Nc2cc(C)nn2-c2cc(C(F)(F)F)ccc2Cl)cc1. The second-order valence-electron chi connectivity index (χ2n) is 6.34. The molecule has 0 fully saturated rings. The third kappa shape index (κ3) is 5.01. The number of carbonyl (C=O) groups is 1. The summed E-state index contributed by atoms with van der Waals surface area (Å²) in [6.07, 6.45) is -1.63. The molecule has 0 unspecified atom stereocenters. The van der Waals surface area contributed by atoms with Crippen LogP contribution >= 0.6 is 11.6 Å². The Labute approximate surface area is 175 Å². The van der Waals surface area contributed by atoms with Gasteiger partial charge < -0.3 is 10.1 Å². The first-order chi connectivity index (χ1) is 14.2. The molecule has 0 radical (unpaired) electrons. The number of rotatable bonds is 5. The van der Waals surface area contributed by atoms with Crippen molar-refractivity contribution in [2.45, 2.75) is 13.1 Å². The number of alkyl halides is 3. The number of halogens is 4. The highest BCUT2D eigenvalue weighted by molar-refractivity contribution is 6.32. The summed E-state index contributed by atoms with van der Waals surface area (Å²) < 4.78 is 45.5. The molecule has 2 aromatic carbocycles. The van der Waals surface area contributed by atoms with Gasteiger partial charge in [0.15, 0.2) is 0 Å². The Hall–Kier alpha value is -3.26. The standard InChI is InChI=1S/C21H17ClF3N3O2/c1-13-11-19(26-20(29)10-5-14-3-7-16(30-2)8-4-14)28(27-13)18-12-15(21(23,24)25)6-9-17(18)22/h3-12H,1-2H3,(H,26,29)/b10-5+. The van der Waals surface area contributed by atoms with E-state index in [0.29, 0.717) is 11.4 Å². The molecule has 1 amide bonds. The van der Waals surface area contributed by atoms with Crippen molar-refractivity contribution in [1.29, 1.82) is 0 Å². The molecule has 1 N–H and O–H groups in total. The van der Waals surface area contributed by atoms with E-state index in [9.17, 15) is 18.0 Å². The van der Waals surface area contributed by atoms with Crippen LogP contribution in [0.2, 0.25) is 5.02 Å². The lowest BCUT2D eigenvalue weighted by Crippen LogP contribution is -2.13. The molecule has 1 heterocycles. The van der Waals surface area contributed by atoms with Crippen molar-refractivity contribution in [2.75, 3.05) is 12.4 Å². The Balaban J connectivity index is 1.85. The number of carbonyl (C=O) groups excluding carboxylic acids is 1. The van der Waals surface area contributed by atoms with E-state index in [4.69, 9.17) is 16.3 Å². The van der Waals surface area contributed by atoms with Crippen LogP contribution in [0.1, 0.15) is 16.8 Å². The van der Waals surface area contributed by atoms with E-state index in [1.54, 1.807) is 44.4 Å². The minimum absolute atomic E-state index is 0.00836. The molecule has 0 saturated carbocycles. The third-order valence-corrected chi connectivity index (χ3v) is 4.45. The monoisotopic (exact) mass is 435 g/mol. The zero-order chi connectivity index (χ0) is 21.9. The summed E-state index contributed by atoms with van der Waals surface area (Å²) in [5, 5.41) is 6.85. The molecule has 0 bridgehead atoms. The minimum atomic E-state index is -4.54. The van der Waals surface area contributed by atoms with E-state index in [1.807, 2.05) is 0 Å². The topological polar surface area (TPSA) is 56.1 Å². The van der Waals surface area contributed by atoms with Gasteiger partial charge in [0, 0.05) is 12.1 Å². The molecule has 9 heteroatoms. The Morgan fingerprint density at radius 2 is 1.87 bits per heavy atom. The number of nitrogens with one attached hydrogen (secondary N) is 1. The number of ether oxygens (including phenoxy) is 1. The normalized spacial score (nSPS) is 11.7. The van der Waals surface area contributed by atoms with Crippen LogP contribution in [-0.2, 0) is 11.0 Å². The number of methoxy groups -OCH3 is 1. The fourth-order valence-electron chi connectivity index (χ4n) is 2.68. The number of nitrogens with zero attached hydrogens (tertiary/aromatic N) is 2. The number of aromatic nitrogens is 2. The van der Waals surface area contributed by atoms with Crippen LogP contribution in [0.3, 0.4) is 0 Å². The quantitative estimate of drug-likeness (QED) is 0.537. The predicted molar refractivity (Wildman–Crippen MR) is 109 cm³/mol. The molecule has 30 heavy (non-hydrogen) atoms. The molecule has 0 aliphatic heterocycles. The van der Waals surface area contributed by atoms with Crippen molar-refractivity contribution >= 4 is 29.4 Å². The van der Waals surface area contributed by atoms with Gasteiger partial charge in [-0.2, -0.15) is 18.3 Å². The minimum Gasteiger partial charge on any atom is -0.497 e. The first-order valence-corrected chi connectivity index (χ1v) is 9.12. The second kappa shape index (κ2) is 8.62. The van der Waals surface area contributed by atoms with Crippen LogP contribution in [0.5, 0.6) is 5.75 Å². The fraction of sp³-hybridized carbons (Fsp3) is 0.143. The van der Waals surface area contributed by atoms with Crippen molar-refractivity contribution in [3.05, 3.63) is 76.5 Å². The lowest BCUT2D eigenvalue weighted by molar-refractivity contribution is -0.137. The van der Waals surface area contributed by atoms with Crippen molar-refractivity contribution in [3.63, 3.8) is 0 Å². The summed E-state index contributed by atoms with van der Waals surface area (Å²) >= 11 is 6.10. The summed E-state index contributed by atoms with van der Waals surface area (Å²) in [6, 6.07) is 11.5. The highest BCUT2D eigenvalue weighted by Crippen LogP contribution is 2.34. The highest BCUT2D eigenvalue weighted by Gasteiger charge is 2.31. The van der Waals surface area contributed by atoms with Crippen molar-refractivity contribution < 1.29 is 22.7 Å². The first kappa shape index (κ1) is 21.4. The van der Waals surface area contributed by atoms with E-state index in [2.05, 4.69) is 10.4 Å². The maximum atomic E-state index is 13.1. The Morgan fingerprint density at radius 3 is 2.50 bits per heavy atom. The Bertz CT molecular complexity index is 1090. The van der Waals surface area contributed by atoms with Gasteiger partial charge in [0.1, 0.15) is 11.6 Å². The molecular weight excluding hydrogens is 419 g/mol. The van der Waals surface area contributed by atoms with Gasteiger partial charge in [-0.3, -0.25) is 4.79 Å². The van der Waals surface area contributed by atoms with Gasteiger partial charge in [-0.25, -0.2) is 4.68 Å². The summed E-state index contributed by atoms with van der Waals surface area (Å²) in [5.74, 6) is 0.405. The van der Waals surface area contributed by atoms with Crippen LogP contribution in [0.15, 0.2) is 54.6 Å². The van der Waals surface area contributed by atoms with Crippen LogP contribution in [0.25, 0.3) is 11.8 Å². The summed E-state index contributed by atoms with van der Waals surface area (Å²) in [6.45, 7) is 1.65. The first-order valence-electron chi connectivity index (χ1n) is 8.74. The van der Waals surface area contributed by atoms with E-state index in [1.165, 1.54) is 16.8 Å². The molecule has 5 nitrogen and oxygen atoms in total. The molecule has 0 atom stereocenters. The molecular formula is C21H17ClF3N3O2. The molecule has 3 aromatic rings. The largest absolute Gasteiger partial charge is 0.497 e. The number of hydrogen-bond acceptors (Lipinski definition) is 3. The van der Waals surface area contributed by atoms with Gasteiger partial charge in [-0.05, 0) is 48.9 Å². The number of aryl methyl sites for hydroxylation is 1. The highest BCUT2D eigenvalue weighted by atomic mass is 35.5. The maximum absolute atomic E-state index is 13.1. The van der Waals surface area contributed by atoms with Gasteiger partial charge in [-0.1, -0.05) is 23.7 Å². The fourth-order valence-corrected chi connectivity index (χ4v) is 2.88. The number of benzene rings is 2. The van der Waals surface area contributed by atoms with E-state index >= 15 is 0 Å². The molecule has 3 rings (SSSR count). The van der Waals surface area contributed by atoms with Gasteiger partial charge in [-0.15, -0.1) is 0 Å².